The SMILES string of the molecule is C[C@@]12C(=O)N(c3ccc(F)c(Cl)c3)C(=O)[C@@H]1C[C@@H]1C(=CC[C@@H]3C(=O)N(O)C(=O)[C@@H]31)[C@@H]2c1cccc(F)c1O. The number of amides is 4. The van der Waals surface area contributed by atoms with E-state index in [9.17, 15) is 38.3 Å². The number of benzene rings is 2. The van der Waals surface area contributed by atoms with Gasteiger partial charge in [0.1, 0.15) is 5.82 Å². The summed E-state index contributed by atoms with van der Waals surface area (Å²) < 4.78 is 28.5. The molecule has 2 N–H and O–H groups in total. The van der Waals surface area contributed by atoms with Crippen molar-refractivity contribution in [2.24, 2.45) is 29.1 Å². The largest absolute Gasteiger partial charge is 0.505 e. The molecule has 0 aromatic heterocycles. The lowest BCUT2D eigenvalue weighted by atomic mass is 9.51. The van der Waals surface area contributed by atoms with Crippen molar-refractivity contribution in [3.05, 3.63) is 70.3 Å². The molecular formula is C27H21ClF2N2O6. The highest BCUT2D eigenvalue weighted by atomic mass is 35.5. The van der Waals surface area contributed by atoms with E-state index in [0.717, 1.165) is 23.1 Å². The molecule has 0 radical (unpaired) electrons. The van der Waals surface area contributed by atoms with Gasteiger partial charge in [-0.05, 0) is 49.9 Å². The molecule has 4 amide bonds. The smallest absolute Gasteiger partial charge is 0.257 e. The number of nitrogens with zero attached hydrogens (tertiary/aromatic N) is 2. The molecule has 4 aliphatic rings. The fourth-order valence-electron chi connectivity index (χ4n) is 6.98. The maximum Gasteiger partial charge on any atom is 0.257 e. The minimum Gasteiger partial charge on any atom is -0.505 e. The van der Waals surface area contributed by atoms with Crippen molar-refractivity contribution >= 4 is 40.9 Å². The zero-order chi connectivity index (χ0) is 27.3. The molecule has 8 nitrogen and oxygen atoms in total. The first-order valence-electron chi connectivity index (χ1n) is 12.1. The normalized spacial score (nSPS) is 32.3. The van der Waals surface area contributed by atoms with E-state index in [1.807, 2.05) is 0 Å². The summed E-state index contributed by atoms with van der Waals surface area (Å²) >= 11 is 5.94. The number of anilines is 1. The predicted octanol–water partition coefficient (Wildman–Crippen LogP) is 3.94. The number of imide groups is 2. The Balaban J connectivity index is 1.56. The summed E-state index contributed by atoms with van der Waals surface area (Å²) in [6, 6.07) is 7.32. The Morgan fingerprint density at radius 1 is 1.00 bits per heavy atom. The average molecular weight is 543 g/mol. The number of carbonyl (C=O) groups is 4. The molecule has 2 aliphatic carbocycles. The standard InChI is InChI=1S/C27H21ClF2N2O6/c1-27-16(24(35)31(26(27)37)11-5-8-18(29)17(28)9-11)10-15-12(21(27)14-3-2-4-19(30)22(14)33)6-7-13-20(15)25(36)32(38)23(13)34/h2-6,8-9,13,15-16,20-21,33,38H,7,10H2,1H3/t13-,15+,16-,20-,21+,27+/m0/s1. The summed E-state index contributed by atoms with van der Waals surface area (Å²) in [7, 11) is 0. The number of hydrogen-bond donors (Lipinski definition) is 2. The number of carbonyl (C=O) groups excluding carboxylic acids is 4. The molecular weight excluding hydrogens is 522 g/mol. The second kappa shape index (κ2) is 8.18. The second-order valence-electron chi connectivity index (χ2n) is 10.4. The lowest BCUT2D eigenvalue weighted by molar-refractivity contribution is -0.173. The minimum absolute atomic E-state index is 0.00105. The number of allylic oxidation sites excluding steroid dienone is 2. The topological polar surface area (TPSA) is 115 Å². The van der Waals surface area contributed by atoms with E-state index in [1.54, 1.807) is 13.0 Å². The number of hydrogen-bond acceptors (Lipinski definition) is 6. The number of fused-ring (bicyclic) bond motifs is 4. The van der Waals surface area contributed by atoms with Crippen molar-refractivity contribution in [1.82, 2.24) is 5.06 Å². The monoisotopic (exact) mass is 542 g/mol. The number of hydroxylamine groups is 2. The van der Waals surface area contributed by atoms with Gasteiger partial charge in [-0.25, -0.2) is 13.7 Å². The van der Waals surface area contributed by atoms with Crippen LogP contribution in [0.3, 0.4) is 0 Å². The van der Waals surface area contributed by atoms with E-state index < -0.39 is 76.0 Å². The first-order chi connectivity index (χ1) is 18.0. The van der Waals surface area contributed by atoms with Crippen LogP contribution in [-0.4, -0.2) is 39.0 Å². The fourth-order valence-corrected chi connectivity index (χ4v) is 7.15. The number of phenolic OH excluding ortho intramolecular Hbond substituents is 1. The summed E-state index contributed by atoms with van der Waals surface area (Å²) in [5, 5.41) is 20.6. The number of rotatable bonds is 2. The molecule has 38 heavy (non-hydrogen) atoms. The van der Waals surface area contributed by atoms with E-state index in [-0.39, 0.29) is 34.2 Å². The highest BCUT2D eigenvalue weighted by molar-refractivity contribution is 6.31. The summed E-state index contributed by atoms with van der Waals surface area (Å²) in [5.41, 5.74) is -0.900. The first-order valence-corrected chi connectivity index (χ1v) is 12.4. The molecule has 1 saturated carbocycles. The number of para-hydroxylation sites is 1. The summed E-state index contributed by atoms with van der Waals surface area (Å²) in [6.07, 6.45) is 1.78. The molecule has 2 heterocycles. The van der Waals surface area contributed by atoms with Gasteiger partial charge in [-0.2, -0.15) is 5.06 Å². The van der Waals surface area contributed by atoms with Crippen molar-refractivity contribution in [3.8, 4) is 5.75 Å². The van der Waals surface area contributed by atoms with Crippen LogP contribution in [0.2, 0.25) is 5.02 Å². The Morgan fingerprint density at radius 3 is 2.45 bits per heavy atom. The quantitative estimate of drug-likeness (QED) is 0.337. The zero-order valence-corrected chi connectivity index (χ0v) is 20.7. The summed E-state index contributed by atoms with van der Waals surface area (Å²) in [4.78, 5) is 54.4. The van der Waals surface area contributed by atoms with Crippen molar-refractivity contribution in [2.75, 3.05) is 4.90 Å². The maximum atomic E-state index is 14.6. The van der Waals surface area contributed by atoms with E-state index in [4.69, 9.17) is 11.6 Å². The molecule has 2 aliphatic heterocycles. The van der Waals surface area contributed by atoms with Crippen LogP contribution >= 0.6 is 11.6 Å². The van der Waals surface area contributed by atoms with E-state index in [2.05, 4.69) is 0 Å². The third-order valence-corrected chi connectivity index (χ3v) is 9.03. The maximum absolute atomic E-state index is 14.6. The molecule has 0 unspecified atom stereocenters. The Labute approximate surface area is 220 Å². The molecule has 6 rings (SSSR count). The van der Waals surface area contributed by atoms with Gasteiger partial charge in [0.25, 0.3) is 11.8 Å². The van der Waals surface area contributed by atoms with Gasteiger partial charge in [0, 0.05) is 11.5 Å². The highest BCUT2D eigenvalue weighted by Crippen LogP contribution is 2.64. The minimum atomic E-state index is -1.52. The molecule has 0 bridgehead atoms. The first kappa shape index (κ1) is 24.7. The van der Waals surface area contributed by atoms with Crippen LogP contribution in [0.25, 0.3) is 0 Å². The highest BCUT2D eigenvalue weighted by Gasteiger charge is 2.68. The third kappa shape index (κ3) is 3.04. The van der Waals surface area contributed by atoms with Crippen LogP contribution in [-0.2, 0) is 19.2 Å². The van der Waals surface area contributed by atoms with Crippen LogP contribution in [0.5, 0.6) is 5.75 Å². The molecule has 2 aromatic carbocycles. The van der Waals surface area contributed by atoms with Gasteiger partial charge in [0.2, 0.25) is 11.8 Å². The molecule has 196 valence electrons. The van der Waals surface area contributed by atoms with Gasteiger partial charge in [0.05, 0.1) is 33.9 Å². The Bertz CT molecular complexity index is 1490. The van der Waals surface area contributed by atoms with Gasteiger partial charge < -0.3 is 5.11 Å². The lowest BCUT2D eigenvalue weighted by Crippen LogP contribution is -2.48. The number of halogens is 3. The van der Waals surface area contributed by atoms with E-state index >= 15 is 0 Å². The third-order valence-electron chi connectivity index (χ3n) is 8.74. The van der Waals surface area contributed by atoms with E-state index in [0.29, 0.717) is 5.57 Å². The Hall–Kier alpha value is -3.63. The van der Waals surface area contributed by atoms with Crippen molar-refractivity contribution in [1.29, 1.82) is 0 Å². The van der Waals surface area contributed by atoms with Gasteiger partial charge >= 0.3 is 0 Å². The predicted molar refractivity (Wildman–Crippen MR) is 128 cm³/mol. The molecule has 6 atom stereocenters. The van der Waals surface area contributed by atoms with Crippen LogP contribution in [0.1, 0.15) is 31.2 Å². The van der Waals surface area contributed by atoms with Crippen molar-refractivity contribution < 1.29 is 38.3 Å². The second-order valence-corrected chi connectivity index (χ2v) is 10.8. The average Bonchev–Trinajstić information content (AvgIpc) is 3.23. The van der Waals surface area contributed by atoms with Crippen molar-refractivity contribution in [3.63, 3.8) is 0 Å². The van der Waals surface area contributed by atoms with Crippen LogP contribution in [0, 0.1) is 40.7 Å². The van der Waals surface area contributed by atoms with Crippen LogP contribution in [0.4, 0.5) is 14.5 Å². The summed E-state index contributed by atoms with van der Waals surface area (Å²) in [6.45, 7) is 1.56. The lowest BCUT2D eigenvalue weighted by Gasteiger charge is -2.49. The van der Waals surface area contributed by atoms with Gasteiger partial charge in [-0.15, -0.1) is 0 Å². The van der Waals surface area contributed by atoms with Gasteiger partial charge in [-0.1, -0.05) is 35.4 Å². The molecule has 2 saturated heterocycles. The van der Waals surface area contributed by atoms with E-state index in [1.165, 1.54) is 18.2 Å². The molecule has 3 fully saturated rings. The Kier molecular flexibility index (Phi) is 5.32. The van der Waals surface area contributed by atoms with Crippen LogP contribution < -0.4 is 4.90 Å². The molecule has 2 aromatic rings. The fraction of sp³-hybridized carbons (Fsp3) is 0.333. The van der Waals surface area contributed by atoms with Gasteiger partial charge in [-0.3, -0.25) is 24.4 Å². The number of phenols is 1. The zero-order valence-electron chi connectivity index (χ0n) is 19.9. The van der Waals surface area contributed by atoms with Crippen molar-refractivity contribution in [2.45, 2.75) is 25.7 Å². The summed E-state index contributed by atoms with van der Waals surface area (Å²) in [5.74, 6) is -9.80. The van der Waals surface area contributed by atoms with Gasteiger partial charge in [0.15, 0.2) is 11.6 Å². The van der Waals surface area contributed by atoms with Crippen LogP contribution in [0.15, 0.2) is 48.0 Å². The molecule has 11 heteroatoms. The Morgan fingerprint density at radius 2 is 1.74 bits per heavy atom. The molecule has 0 spiro atoms. The number of aromatic hydroxyl groups is 1.